The van der Waals surface area contributed by atoms with Crippen LogP contribution >= 0.6 is 0 Å². The molecule has 4 aliphatic rings. The van der Waals surface area contributed by atoms with Gasteiger partial charge in [0.2, 0.25) is 5.91 Å². The number of carbonyl (C=O) groups is 2. The molecule has 2 amide bonds. The van der Waals surface area contributed by atoms with E-state index >= 15 is 0 Å². The van der Waals surface area contributed by atoms with E-state index in [0.29, 0.717) is 44.7 Å². The second kappa shape index (κ2) is 6.49. The Morgan fingerprint density at radius 1 is 1.11 bits per heavy atom. The first-order valence-corrected chi connectivity index (χ1v) is 9.94. The smallest absolute Gasteiger partial charge is 0.253 e. The fourth-order valence-corrected chi connectivity index (χ4v) is 4.75. The number of ether oxygens (including phenoxy) is 2. The average Bonchev–Trinajstić information content (AvgIpc) is 3.16. The van der Waals surface area contributed by atoms with Crippen LogP contribution in [-0.2, 0) is 14.3 Å². The van der Waals surface area contributed by atoms with E-state index in [-0.39, 0.29) is 17.9 Å². The molecule has 1 aromatic rings. The average molecular weight is 371 g/mol. The largest absolute Gasteiger partial charge is 0.358 e. The van der Waals surface area contributed by atoms with Gasteiger partial charge in [0.1, 0.15) is 6.04 Å². The minimum Gasteiger partial charge on any atom is -0.358 e. The van der Waals surface area contributed by atoms with Crippen LogP contribution in [0.3, 0.4) is 0 Å². The summed E-state index contributed by atoms with van der Waals surface area (Å²) in [6.45, 7) is 3.41. The predicted octanol–water partition coefficient (Wildman–Crippen LogP) is 1.98. The molecule has 1 atom stereocenters. The van der Waals surface area contributed by atoms with E-state index < -0.39 is 5.79 Å². The summed E-state index contributed by atoms with van der Waals surface area (Å²) in [5.41, 5.74) is 2.40. The van der Waals surface area contributed by atoms with Gasteiger partial charge in [-0.25, -0.2) is 0 Å². The third-order valence-electron chi connectivity index (χ3n) is 6.24. The lowest BCUT2D eigenvalue weighted by atomic mass is 9.96. The second-order valence-electron chi connectivity index (χ2n) is 7.83. The van der Waals surface area contributed by atoms with E-state index in [1.165, 1.54) is 0 Å². The number of hydrogen-bond donors (Lipinski definition) is 1. The fraction of sp³-hybridized carbons (Fsp3) is 0.600. The summed E-state index contributed by atoms with van der Waals surface area (Å²) in [4.78, 5) is 29.5. The highest BCUT2D eigenvalue weighted by molar-refractivity contribution is 6.05. The maximum Gasteiger partial charge on any atom is 0.253 e. The Morgan fingerprint density at radius 2 is 1.89 bits per heavy atom. The van der Waals surface area contributed by atoms with Crippen molar-refractivity contribution in [1.82, 2.24) is 4.90 Å². The second-order valence-corrected chi connectivity index (χ2v) is 7.83. The van der Waals surface area contributed by atoms with Crippen LogP contribution in [-0.4, -0.2) is 61.4 Å². The molecule has 3 saturated heterocycles. The van der Waals surface area contributed by atoms with Crippen molar-refractivity contribution in [3.05, 3.63) is 23.8 Å². The van der Waals surface area contributed by atoms with Crippen molar-refractivity contribution in [2.75, 3.05) is 43.1 Å². The fourth-order valence-electron chi connectivity index (χ4n) is 4.75. The number of benzene rings is 1. The molecule has 5 rings (SSSR count). The van der Waals surface area contributed by atoms with Crippen molar-refractivity contribution >= 4 is 23.2 Å². The Hall–Kier alpha value is -2.12. The lowest BCUT2D eigenvalue weighted by Crippen LogP contribution is -2.50. The Labute approximate surface area is 158 Å². The van der Waals surface area contributed by atoms with Gasteiger partial charge < -0.3 is 24.6 Å². The number of nitrogens with one attached hydrogen (secondary N) is 1. The van der Waals surface area contributed by atoms with Crippen LogP contribution in [0, 0.1) is 0 Å². The SMILES string of the molecule is O=C1Nc2cc(C(=O)N3CCC4(CC3)OCCO4)ccc2N2CCCC[C@@H]12. The predicted molar refractivity (Wildman–Crippen MR) is 99.8 cm³/mol. The summed E-state index contributed by atoms with van der Waals surface area (Å²) in [5.74, 6) is -0.438. The molecular weight excluding hydrogens is 346 g/mol. The molecule has 0 unspecified atom stereocenters. The minimum atomic E-state index is -0.482. The zero-order chi connectivity index (χ0) is 18.4. The van der Waals surface area contributed by atoms with E-state index in [4.69, 9.17) is 9.47 Å². The summed E-state index contributed by atoms with van der Waals surface area (Å²) >= 11 is 0. The van der Waals surface area contributed by atoms with Crippen LogP contribution < -0.4 is 10.2 Å². The number of anilines is 2. The molecule has 1 spiro atoms. The van der Waals surface area contributed by atoms with Gasteiger partial charge in [0.25, 0.3) is 5.91 Å². The highest BCUT2D eigenvalue weighted by atomic mass is 16.7. The maximum atomic E-state index is 13.0. The van der Waals surface area contributed by atoms with Gasteiger partial charge in [-0.1, -0.05) is 0 Å². The van der Waals surface area contributed by atoms with Crippen LogP contribution in [0.25, 0.3) is 0 Å². The molecule has 27 heavy (non-hydrogen) atoms. The molecule has 0 aliphatic carbocycles. The number of hydrogen-bond acceptors (Lipinski definition) is 5. The molecular formula is C20H25N3O4. The third kappa shape index (κ3) is 2.89. The van der Waals surface area contributed by atoms with Gasteiger partial charge >= 0.3 is 0 Å². The number of likely N-dealkylation sites (tertiary alicyclic amines) is 1. The molecule has 3 fully saturated rings. The highest BCUT2D eigenvalue weighted by Gasteiger charge is 2.41. The first-order valence-electron chi connectivity index (χ1n) is 9.94. The summed E-state index contributed by atoms with van der Waals surface area (Å²) in [6.07, 6.45) is 4.49. The number of carbonyl (C=O) groups excluding carboxylic acids is 2. The Kier molecular flexibility index (Phi) is 4.09. The van der Waals surface area contributed by atoms with E-state index in [9.17, 15) is 9.59 Å². The number of fused-ring (bicyclic) bond motifs is 3. The summed E-state index contributed by atoms with van der Waals surface area (Å²) in [5, 5.41) is 3.01. The van der Waals surface area contributed by atoms with Crippen molar-refractivity contribution in [3.8, 4) is 0 Å². The van der Waals surface area contributed by atoms with Crippen LogP contribution in [0.5, 0.6) is 0 Å². The molecule has 7 heteroatoms. The quantitative estimate of drug-likeness (QED) is 0.817. The number of rotatable bonds is 1. The van der Waals surface area contributed by atoms with Gasteiger partial charge in [0.15, 0.2) is 5.79 Å². The molecule has 144 valence electrons. The molecule has 0 aromatic heterocycles. The van der Waals surface area contributed by atoms with Crippen molar-refractivity contribution in [3.63, 3.8) is 0 Å². The third-order valence-corrected chi connectivity index (χ3v) is 6.24. The molecule has 4 heterocycles. The van der Waals surface area contributed by atoms with Crippen molar-refractivity contribution in [2.45, 2.75) is 43.9 Å². The summed E-state index contributed by atoms with van der Waals surface area (Å²) in [7, 11) is 0. The number of piperidine rings is 2. The minimum absolute atomic E-state index is 0.000614. The van der Waals surface area contributed by atoms with Crippen LogP contribution in [0.1, 0.15) is 42.5 Å². The first-order chi connectivity index (χ1) is 13.2. The topological polar surface area (TPSA) is 71.1 Å². The number of amides is 2. The highest BCUT2D eigenvalue weighted by Crippen LogP contribution is 2.37. The molecule has 0 radical (unpaired) electrons. The van der Waals surface area contributed by atoms with Gasteiger partial charge in [-0.05, 0) is 37.5 Å². The normalized spacial score (nSPS) is 26.5. The zero-order valence-corrected chi connectivity index (χ0v) is 15.4. The van der Waals surface area contributed by atoms with Crippen molar-refractivity contribution < 1.29 is 19.1 Å². The first kappa shape index (κ1) is 17.0. The Balaban J connectivity index is 1.34. The van der Waals surface area contributed by atoms with Crippen LogP contribution in [0.15, 0.2) is 18.2 Å². The van der Waals surface area contributed by atoms with Gasteiger partial charge in [0, 0.05) is 38.0 Å². The van der Waals surface area contributed by atoms with Crippen LogP contribution in [0.2, 0.25) is 0 Å². The molecule has 0 saturated carbocycles. The zero-order valence-electron chi connectivity index (χ0n) is 15.4. The maximum absolute atomic E-state index is 13.0. The molecule has 1 aromatic carbocycles. The van der Waals surface area contributed by atoms with E-state index in [1.54, 1.807) is 0 Å². The van der Waals surface area contributed by atoms with Gasteiger partial charge in [-0.15, -0.1) is 0 Å². The molecule has 4 aliphatic heterocycles. The summed E-state index contributed by atoms with van der Waals surface area (Å²) in [6, 6.07) is 5.62. The van der Waals surface area contributed by atoms with E-state index in [2.05, 4.69) is 10.2 Å². The number of nitrogens with zero attached hydrogens (tertiary/aromatic N) is 2. The molecule has 1 N–H and O–H groups in total. The monoisotopic (exact) mass is 371 g/mol. The van der Waals surface area contributed by atoms with E-state index in [0.717, 1.165) is 37.2 Å². The van der Waals surface area contributed by atoms with Gasteiger partial charge in [-0.3, -0.25) is 9.59 Å². The van der Waals surface area contributed by atoms with Gasteiger partial charge in [-0.2, -0.15) is 0 Å². The van der Waals surface area contributed by atoms with Crippen molar-refractivity contribution in [2.24, 2.45) is 0 Å². The van der Waals surface area contributed by atoms with Gasteiger partial charge in [0.05, 0.1) is 24.6 Å². The molecule has 7 nitrogen and oxygen atoms in total. The Morgan fingerprint density at radius 3 is 2.67 bits per heavy atom. The van der Waals surface area contributed by atoms with Crippen molar-refractivity contribution in [1.29, 1.82) is 0 Å². The Bertz CT molecular complexity index is 764. The van der Waals surface area contributed by atoms with Crippen LogP contribution in [0.4, 0.5) is 11.4 Å². The summed E-state index contributed by atoms with van der Waals surface area (Å²) < 4.78 is 11.5. The lowest BCUT2D eigenvalue weighted by molar-refractivity contribution is -0.181. The molecule has 0 bridgehead atoms. The standard InChI is InChI=1S/C20H25N3O4/c24-18-17-3-1-2-8-23(17)16-5-4-14(13-15(16)21-18)19(25)22-9-6-20(7-10-22)26-11-12-27-20/h4-5,13,17H,1-3,6-12H2,(H,21,24)/t17-/m0/s1. The van der Waals surface area contributed by atoms with E-state index in [1.807, 2.05) is 23.1 Å². The lowest BCUT2D eigenvalue weighted by Gasteiger charge is -2.41.